The van der Waals surface area contributed by atoms with Crippen LogP contribution in [0.4, 0.5) is 0 Å². The number of benzene rings is 2. The lowest BCUT2D eigenvalue weighted by Crippen LogP contribution is -2.13. The van der Waals surface area contributed by atoms with E-state index in [1.54, 1.807) is 7.11 Å². The molecule has 0 bridgehead atoms. The first-order chi connectivity index (χ1) is 10.2. The molecule has 0 heterocycles. The minimum absolute atomic E-state index is 0.0704. The highest BCUT2D eigenvalue weighted by atomic mass is 16.5. The minimum Gasteiger partial charge on any atom is -0.490 e. The van der Waals surface area contributed by atoms with Crippen molar-refractivity contribution in [1.82, 2.24) is 0 Å². The van der Waals surface area contributed by atoms with Crippen LogP contribution < -0.4 is 10.5 Å². The van der Waals surface area contributed by atoms with E-state index in [0.29, 0.717) is 26.4 Å². The number of rotatable bonds is 8. The number of fused-ring (bicyclic) bond motifs is 1. The van der Waals surface area contributed by atoms with E-state index in [1.807, 2.05) is 25.1 Å². The second kappa shape index (κ2) is 7.98. The number of hydrogen-bond acceptors (Lipinski definition) is 4. The van der Waals surface area contributed by atoms with E-state index < -0.39 is 0 Å². The first kappa shape index (κ1) is 15.8. The Balaban J connectivity index is 2.10. The summed E-state index contributed by atoms with van der Waals surface area (Å²) in [5, 5.41) is 2.24. The largest absolute Gasteiger partial charge is 0.490 e. The molecular weight excluding hydrogens is 266 g/mol. The third kappa shape index (κ3) is 4.17. The first-order valence-electron chi connectivity index (χ1n) is 7.20. The van der Waals surface area contributed by atoms with Crippen LogP contribution in [-0.2, 0) is 9.47 Å². The number of nitrogens with two attached hydrogens (primary N) is 1. The van der Waals surface area contributed by atoms with Crippen LogP contribution in [0.1, 0.15) is 18.5 Å². The van der Waals surface area contributed by atoms with Gasteiger partial charge < -0.3 is 19.9 Å². The molecule has 0 aromatic heterocycles. The van der Waals surface area contributed by atoms with Gasteiger partial charge in [0.2, 0.25) is 0 Å². The van der Waals surface area contributed by atoms with E-state index in [-0.39, 0.29) is 6.04 Å². The molecule has 0 aliphatic carbocycles. The summed E-state index contributed by atoms with van der Waals surface area (Å²) in [6.07, 6.45) is 0. The van der Waals surface area contributed by atoms with Crippen LogP contribution in [0.25, 0.3) is 10.8 Å². The Morgan fingerprint density at radius 3 is 2.52 bits per heavy atom. The summed E-state index contributed by atoms with van der Waals surface area (Å²) in [6, 6.07) is 12.2. The normalized spacial score (nSPS) is 12.5. The van der Waals surface area contributed by atoms with Gasteiger partial charge in [0.25, 0.3) is 0 Å². The summed E-state index contributed by atoms with van der Waals surface area (Å²) < 4.78 is 16.3. The fourth-order valence-corrected chi connectivity index (χ4v) is 2.23. The molecule has 2 aromatic carbocycles. The topological polar surface area (TPSA) is 53.7 Å². The summed E-state index contributed by atoms with van der Waals surface area (Å²) in [4.78, 5) is 0. The van der Waals surface area contributed by atoms with Gasteiger partial charge in [0.1, 0.15) is 12.4 Å². The molecule has 4 nitrogen and oxygen atoms in total. The second-order valence-corrected chi connectivity index (χ2v) is 4.95. The molecule has 1 atom stereocenters. The number of hydrogen-bond donors (Lipinski definition) is 1. The predicted octanol–water partition coefficient (Wildman–Crippen LogP) is 2.90. The van der Waals surface area contributed by atoms with E-state index in [4.69, 9.17) is 19.9 Å². The molecule has 2 N–H and O–H groups in total. The van der Waals surface area contributed by atoms with Crippen LogP contribution in [0.3, 0.4) is 0 Å². The zero-order valence-corrected chi connectivity index (χ0v) is 12.7. The van der Waals surface area contributed by atoms with Gasteiger partial charge in [-0.25, -0.2) is 0 Å². The Bertz CT molecular complexity index is 569. The molecule has 0 fully saturated rings. The zero-order valence-electron chi connectivity index (χ0n) is 12.7. The van der Waals surface area contributed by atoms with E-state index in [2.05, 4.69) is 18.2 Å². The highest BCUT2D eigenvalue weighted by Gasteiger charge is 2.12. The van der Waals surface area contributed by atoms with E-state index in [1.165, 1.54) is 0 Å². The molecule has 0 aliphatic rings. The average Bonchev–Trinajstić information content (AvgIpc) is 2.50. The van der Waals surface area contributed by atoms with Crippen molar-refractivity contribution in [2.75, 3.05) is 33.5 Å². The maximum absolute atomic E-state index is 6.05. The Morgan fingerprint density at radius 2 is 1.76 bits per heavy atom. The molecule has 0 radical (unpaired) electrons. The second-order valence-electron chi connectivity index (χ2n) is 4.95. The van der Waals surface area contributed by atoms with Crippen LogP contribution in [-0.4, -0.2) is 33.5 Å². The van der Waals surface area contributed by atoms with Crippen LogP contribution in [0.5, 0.6) is 5.75 Å². The average molecular weight is 289 g/mol. The molecule has 2 aromatic rings. The van der Waals surface area contributed by atoms with Crippen molar-refractivity contribution in [1.29, 1.82) is 0 Å². The van der Waals surface area contributed by atoms with Gasteiger partial charge in [-0.15, -0.1) is 0 Å². The van der Waals surface area contributed by atoms with Crippen molar-refractivity contribution in [2.45, 2.75) is 13.0 Å². The van der Waals surface area contributed by atoms with Gasteiger partial charge in [-0.2, -0.15) is 0 Å². The molecule has 0 saturated heterocycles. The molecular formula is C17H23NO3. The Kier molecular flexibility index (Phi) is 5.99. The van der Waals surface area contributed by atoms with Crippen molar-refractivity contribution >= 4 is 10.8 Å². The molecule has 4 heteroatoms. The number of methoxy groups -OCH3 is 1. The SMILES string of the molecule is COCCOCCOc1c(C(C)N)ccc2ccccc12. The Morgan fingerprint density at radius 1 is 1.00 bits per heavy atom. The van der Waals surface area contributed by atoms with Crippen LogP contribution in [0, 0.1) is 0 Å². The summed E-state index contributed by atoms with van der Waals surface area (Å²) in [5.41, 5.74) is 7.07. The quantitative estimate of drug-likeness (QED) is 0.759. The first-order valence-corrected chi connectivity index (χ1v) is 7.20. The fourth-order valence-electron chi connectivity index (χ4n) is 2.23. The van der Waals surface area contributed by atoms with Gasteiger partial charge in [0, 0.05) is 24.1 Å². The Labute approximate surface area is 125 Å². The van der Waals surface area contributed by atoms with Crippen molar-refractivity contribution in [3.63, 3.8) is 0 Å². The smallest absolute Gasteiger partial charge is 0.131 e. The van der Waals surface area contributed by atoms with Gasteiger partial charge >= 0.3 is 0 Å². The van der Waals surface area contributed by atoms with Crippen molar-refractivity contribution in [2.24, 2.45) is 5.73 Å². The summed E-state index contributed by atoms with van der Waals surface area (Å²) >= 11 is 0. The zero-order chi connectivity index (χ0) is 15.1. The molecule has 0 amide bonds. The van der Waals surface area contributed by atoms with Gasteiger partial charge in [0.05, 0.1) is 19.8 Å². The van der Waals surface area contributed by atoms with E-state index >= 15 is 0 Å². The molecule has 2 rings (SSSR count). The maximum atomic E-state index is 6.05. The summed E-state index contributed by atoms with van der Waals surface area (Å²) in [7, 11) is 1.66. The number of ether oxygens (including phenoxy) is 3. The van der Waals surface area contributed by atoms with Gasteiger partial charge in [0.15, 0.2) is 0 Å². The van der Waals surface area contributed by atoms with Gasteiger partial charge in [-0.05, 0) is 12.3 Å². The molecule has 114 valence electrons. The summed E-state index contributed by atoms with van der Waals surface area (Å²) in [5.74, 6) is 0.860. The standard InChI is InChI=1S/C17H23NO3/c1-13(18)15-8-7-14-5-3-4-6-16(14)17(15)21-12-11-20-10-9-19-2/h3-8,13H,9-12,18H2,1-2H3. The van der Waals surface area contributed by atoms with Crippen molar-refractivity contribution in [3.8, 4) is 5.75 Å². The lowest BCUT2D eigenvalue weighted by Gasteiger charge is -2.16. The fraction of sp³-hybridized carbons (Fsp3) is 0.412. The Hall–Kier alpha value is -1.62. The molecule has 21 heavy (non-hydrogen) atoms. The van der Waals surface area contributed by atoms with Crippen LogP contribution in [0.15, 0.2) is 36.4 Å². The molecule has 0 spiro atoms. The minimum atomic E-state index is -0.0704. The van der Waals surface area contributed by atoms with Gasteiger partial charge in [-0.1, -0.05) is 36.4 Å². The highest BCUT2D eigenvalue weighted by Crippen LogP contribution is 2.32. The van der Waals surface area contributed by atoms with Crippen LogP contribution in [0.2, 0.25) is 0 Å². The maximum Gasteiger partial charge on any atom is 0.131 e. The molecule has 0 saturated carbocycles. The summed E-state index contributed by atoms with van der Waals surface area (Å²) in [6.45, 7) is 4.17. The van der Waals surface area contributed by atoms with Crippen LogP contribution >= 0.6 is 0 Å². The lowest BCUT2D eigenvalue weighted by molar-refractivity contribution is 0.0545. The van der Waals surface area contributed by atoms with Crippen molar-refractivity contribution < 1.29 is 14.2 Å². The van der Waals surface area contributed by atoms with E-state index in [0.717, 1.165) is 22.1 Å². The monoisotopic (exact) mass is 289 g/mol. The third-order valence-electron chi connectivity index (χ3n) is 3.31. The van der Waals surface area contributed by atoms with Gasteiger partial charge in [-0.3, -0.25) is 0 Å². The third-order valence-corrected chi connectivity index (χ3v) is 3.31. The lowest BCUT2D eigenvalue weighted by atomic mass is 10.0. The molecule has 0 aliphatic heterocycles. The highest BCUT2D eigenvalue weighted by molar-refractivity contribution is 5.89. The van der Waals surface area contributed by atoms with Crippen molar-refractivity contribution in [3.05, 3.63) is 42.0 Å². The molecule has 1 unspecified atom stereocenters. The predicted molar refractivity (Wildman–Crippen MR) is 84.7 cm³/mol. The van der Waals surface area contributed by atoms with E-state index in [9.17, 15) is 0 Å².